The zero-order valence-electron chi connectivity index (χ0n) is 16.4. The Labute approximate surface area is 183 Å². The minimum atomic E-state index is -0.842. The van der Waals surface area contributed by atoms with Crippen LogP contribution in [0, 0.1) is 11.8 Å². The first-order valence-electron chi connectivity index (χ1n) is 10.2. The molecule has 1 aromatic heterocycles. The van der Waals surface area contributed by atoms with Gasteiger partial charge >= 0.3 is 5.97 Å². The van der Waals surface area contributed by atoms with Crippen LogP contribution >= 0.6 is 22.9 Å². The maximum Gasteiger partial charge on any atom is 0.306 e. The zero-order valence-corrected chi connectivity index (χ0v) is 17.9. The number of rotatable bonds is 5. The zero-order chi connectivity index (χ0) is 21.3. The number of aryl methyl sites for hydroxylation is 1. The summed E-state index contributed by atoms with van der Waals surface area (Å²) >= 11 is 7.37. The standard InChI is InChI=1S/C22H23ClN2O4S/c23-14-7-9-15(10-8-14)24-20(27)18-16-5-2-6-17(16)30-21(18)25-19(26)12-3-1-4-13(11-12)22(28)29/h7-10,12-13H,1-6,11H2,(H,24,27)(H,25,26)(H,28,29). The fourth-order valence-corrected chi connectivity index (χ4v) is 5.74. The summed E-state index contributed by atoms with van der Waals surface area (Å²) < 4.78 is 0. The highest BCUT2D eigenvalue weighted by molar-refractivity contribution is 7.17. The first-order valence-corrected chi connectivity index (χ1v) is 11.4. The highest BCUT2D eigenvalue weighted by Gasteiger charge is 2.33. The fraction of sp³-hybridized carbons (Fsp3) is 0.409. The summed E-state index contributed by atoms with van der Waals surface area (Å²) in [5.41, 5.74) is 2.17. The summed E-state index contributed by atoms with van der Waals surface area (Å²) in [6, 6.07) is 6.89. The van der Waals surface area contributed by atoms with Crippen molar-refractivity contribution in [1.29, 1.82) is 0 Å². The number of halogens is 1. The number of carboxylic acids is 1. The van der Waals surface area contributed by atoms with Crippen molar-refractivity contribution >= 4 is 51.4 Å². The molecular formula is C22H23ClN2O4S. The number of carboxylic acid groups (broad SMARTS) is 1. The lowest BCUT2D eigenvalue weighted by Gasteiger charge is -2.25. The number of hydrogen-bond acceptors (Lipinski definition) is 4. The lowest BCUT2D eigenvalue weighted by atomic mass is 9.81. The number of carbonyl (C=O) groups is 3. The monoisotopic (exact) mass is 446 g/mol. The van der Waals surface area contributed by atoms with Crippen LogP contribution in [0.3, 0.4) is 0 Å². The van der Waals surface area contributed by atoms with Crippen molar-refractivity contribution in [3.05, 3.63) is 45.3 Å². The smallest absolute Gasteiger partial charge is 0.306 e. The number of thiophene rings is 1. The molecule has 1 fully saturated rings. The van der Waals surface area contributed by atoms with Gasteiger partial charge in [-0.05, 0) is 68.4 Å². The molecule has 1 saturated carbocycles. The Morgan fingerprint density at radius 2 is 1.73 bits per heavy atom. The number of hydrogen-bond donors (Lipinski definition) is 3. The second-order valence-corrected chi connectivity index (χ2v) is 9.45. The van der Waals surface area contributed by atoms with Gasteiger partial charge in [-0.1, -0.05) is 18.0 Å². The predicted octanol–water partition coefficient (Wildman–Crippen LogP) is 4.97. The van der Waals surface area contributed by atoms with Gasteiger partial charge in [0, 0.05) is 21.5 Å². The lowest BCUT2D eigenvalue weighted by molar-refractivity contribution is -0.143. The van der Waals surface area contributed by atoms with E-state index in [1.165, 1.54) is 11.3 Å². The number of aliphatic carboxylic acids is 1. The molecule has 2 amide bonds. The second kappa shape index (κ2) is 8.78. The Morgan fingerprint density at radius 1 is 1.00 bits per heavy atom. The quantitative estimate of drug-likeness (QED) is 0.604. The minimum absolute atomic E-state index is 0.193. The molecule has 4 rings (SSSR count). The van der Waals surface area contributed by atoms with E-state index < -0.39 is 11.9 Å². The van der Waals surface area contributed by atoms with Crippen molar-refractivity contribution in [2.24, 2.45) is 11.8 Å². The topological polar surface area (TPSA) is 95.5 Å². The van der Waals surface area contributed by atoms with Gasteiger partial charge in [0.1, 0.15) is 5.00 Å². The molecule has 2 atom stereocenters. The molecule has 3 N–H and O–H groups in total. The van der Waals surface area contributed by atoms with E-state index in [-0.39, 0.29) is 17.7 Å². The average molecular weight is 447 g/mol. The van der Waals surface area contributed by atoms with Crippen molar-refractivity contribution in [3.63, 3.8) is 0 Å². The molecule has 1 aromatic carbocycles. The normalized spacial score (nSPS) is 20.4. The van der Waals surface area contributed by atoms with E-state index in [1.807, 2.05) is 0 Å². The Bertz CT molecular complexity index is 986. The molecule has 2 aromatic rings. The predicted molar refractivity (Wildman–Crippen MR) is 117 cm³/mol. The van der Waals surface area contributed by atoms with Crippen LogP contribution in [-0.2, 0) is 22.4 Å². The van der Waals surface area contributed by atoms with Gasteiger partial charge in [0.25, 0.3) is 5.91 Å². The van der Waals surface area contributed by atoms with E-state index in [0.717, 1.165) is 36.1 Å². The first-order chi connectivity index (χ1) is 14.4. The number of anilines is 2. The molecule has 8 heteroatoms. The highest BCUT2D eigenvalue weighted by atomic mass is 35.5. The van der Waals surface area contributed by atoms with Crippen molar-refractivity contribution < 1.29 is 19.5 Å². The van der Waals surface area contributed by atoms with E-state index in [9.17, 15) is 19.5 Å². The molecule has 1 heterocycles. The third-order valence-corrected chi connectivity index (χ3v) is 7.34. The van der Waals surface area contributed by atoms with Gasteiger partial charge in [-0.2, -0.15) is 0 Å². The number of fused-ring (bicyclic) bond motifs is 1. The van der Waals surface area contributed by atoms with Gasteiger partial charge in [-0.15, -0.1) is 11.3 Å². The summed E-state index contributed by atoms with van der Waals surface area (Å²) in [5, 5.41) is 16.3. The van der Waals surface area contributed by atoms with Crippen LogP contribution in [0.25, 0.3) is 0 Å². The van der Waals surface area contributed by atoms with Crippen LogP contribution in [-0.4, -0.2) is 22.9 Å². The maximum atomic E-state index is 13.1. The molecule has 0 radical (unpaired) electrons. The van der Waals surface area contributed by atoms with Crippen LogP contribution in [0.15, 0.2) is 24.3 Å². The van der Waals surface area contributed by atoms with Crippen molar-refractivity contribution in [2.45, 2.75) is 44.9 Å². The Balaban J connectivity index is 1.54. The molecule has 2 unspecified atom stereocenters. The summed E-state index contributed by atoms with van der Waals surface area (Å²) in [7, 11) is 0. The molecule has 6 nitrogen and oxygen atoms in total. The SMILES string of the molecule is O=C(Nc1ccc(Cl)cc1)c1c(NC(=O)C2CCCC(C(=O)O)C2)sc2c1CCC2. The second-order valence-electron chi connectivity index (χ2n) is 7.91. The summed E-state index contributed by atoms with van der Waals surface area (Å²) in [4.78, 5) is 38.4. The average Bonchev–Trinajstić information content (AvgIpc) is 3.30. The van der Waals surface area contributed by atoms with Gasteiger partial charge in [0.05, 0.1) is 11.5 Å². The Morgan fingerprint density at radius 3 is 2.47 bits per heavy atom. The Hall–Kier alpha value is -2.38. The van der Waals surface area contributed by atoms with E-state index in [4.69, 9.17) is 11.6 Å². The molecule has 0 spiro atoms. The molecule has 0 saturated heterocycles. The van der Waals surface area contributed by atoms with Crippen LogP contribution < -0.4 is 10.6 Å². The molecule has 2 aliphatic rings. The summed E-state index contributed by atoms with van der Waals surface area (Å²) in [6.45, 7) is 0. The van der Waals surface area contributed by atoms with Crippen LogP contribution in [0.1, 0.15) is 52.9 Å². The van der Waals surface area contributed by atoms with Crippen molar-refractivity contribution in [2.75, 3.05) is 10.6 Å². The van der Waals surface area contributed by atoms with Crippen molar-refractivity contribution in [1.82, 2.24) is 0 Å². The van der Waals surface area contributed by atoms with Crippen LogP contribution in [0.4, 0.5) is 10.7 Å². The summed E-state index contributed by atoms with van der Waals surface area (Å²) in [6.07, 6.45) is 5.07. The maximum absolute atomic E-state index is 13.1. The third-order valence-electron chi connectivity index (χ3n) is 5.88. The Kier molecular flexibility index (Phi) is 6.11. The number of carbonyl (C=O) groups excluding carboxylic acids is 2. The van der Waals surface area contributed by atoms with Crippen LogP contribution in [0.2, 0.25) is 5.02 Å². The number of benzene rings is 1. The summed E-state index contributed by atoms with van der Waals surface area (Å²) in [5.74, 6) is -2.11. The molecule has 30 heavy (non-hydrogen) atoms. The van der Waals surface area contributed by atoms with Crippen LogP contribution in [0.5, 0.6) is 0 Å². The third kappa shape index (κ3) is 4.37. The van der Waals surface area contributed by atoms with Gasteiger partial charge < -0.3 is 15.7 Å². The van der Waals surface area contributed by atoms with Crippen molar-refractivity contribution in [3.8, 4) is 0 Å². The first kappa shape index (κ1) is 20.9. The van der Waals surface area contributed by atoms with Gasteiger partial charge in [0.15, 0.2) is 0 Å². The number of amides is 2. The van der Waals surface area contributed by atoms with E-state index >= 15 is 0 Å². The largest absolute Gasteiger partial charge is 0.481 e. The highest BCUT2D eigenvalue weighted by Crippen LogP contribution is 2.40. The van der Waals surface area contributed by atoms with E-state index in [2.05, 4.69) is 10.6 Å². The molecule has 0 bridgehead atoms. The lowest BCUT2D eigenvalue weighted by Crippen LogP contribution is -2.31. The number of nitrogens with one attached hydrogen (secondary N) is 2. The minimum Gasteiger partial charge on any atom is -0.481 e. The van der Waals surface area contributed by atoms with Gasteiger partial charge in [-0.25, -0.2) is 0 Å². The molecule has 2 aliphatic carbocycles. The molecular weight excluding hydrogens is 424 g/mol. The molecule has 0 aliphatic heterocycles. The molecule has 158 valence electrons. The van der Waals surface area contributed by atoms with E-state index in [0.29, 0.717) is 40.5 Å². The van der Waals surface area contributed by atoms with E-state index in [1.54, 1.807) is 24.3 Å². The van der Waals surface area contributed by atoms with Gasteiger partial charge in [0.2, 0.25) is 5.91 Å². The van der Waals surface area contributed by atoms with Gasteiger partial charge in [-0.3, -0.25) is 14.4 Å². The fourth-order valence-electron chi connectivity index (χ4n) is 4.33.